The maximum absolute atomic E-state index is 8.70. The molecule has 0 aliphatic carbocycles. The molecule has 0 aromatic carbocycles. The molecule has 0 saturated carbocycles. The van der Waals surface area contributed by atoms with E-state index in [1.165, 1.54) is 6.26 Å². The number of hydrogen-bond donors (Lipinski definition) is 1. The summed E-state index contributed by atoms with van der Waals surface area (Å²) in [5.41, 5.74) is 5.47. The van der Waals surface area contributed by atoms with Crippen molar-refractivity contribution < 1.29 is 4.42 Å². The van der Waals surface area contributed by atoms with Crippen molar-refractivity contribution in [2.75, 3.05) is 0 Å². The third-order valence-corrected chi connectivity index (χ3v) is 1.64. The van der Waals surface area contributed by atoms with E-state index in [1.807, 2.05) is 0 Å². The summed E-state index contributed by atoms with van der Waals surface area (Å²) in [6.07, 6.45) is 1.50. The minimum atomic E-state index is -0.205. The highest BCUT2D eigenvalue weighted by molar-refractivity contribution is 5.97. The Morgan fingerprint density at radius 1 is 1.47 bits per heavy atom. The van der Waals surface area contributed by atoms with Gasteiger partial charge in [-0.1, -0.05) is 0 Å². The van der Waals surface area contributed by atoms with E-state index < -0.39 is 0 Å². The number of aliphatic imine (C=N–C) groups is 1. The molecule has 74 valence electrons. The lowest BCUT2D eigenvalue weighted by molar-refractivity contribution is 0.557. The van der Waals surface area contributed by atoms with E-state index in [0.29, 0.717) is 11.5 Å². The second kappa shape index (κ2) is 4.64. The van der Waals surface area contributed by atoms with Gasteiger partial charge in [0.1, 0.15) is 23.6 Å². The van der Waals surface area contributed by atoms with Crippen LogP contribution in [-0.4, -0.2) is 5.71 Å². The molecule has 0 bridgehead atoms. The molecule has 0 atom stereocenters. The summed E-state index contributed by atoms with van der Waals surface area (Å²) in [7, 11) is 0. The molecule has 0 saturated heterocycles. The average Bonchev–Trinajstić information content (AvgIpc) is 2.77. The molecule has 0 fully saturated rings. The predicted octanol–water partition coefficient (Wildman–Crippen LogP) is 1.31. The van der Waals surface area contributed by atoms with E-state index in [-0.39, 0.29) is 11.4 Å². The van der Waals surface area contributed by atoms with E-state index in [0.717, 1.165) is 0 Å². The fourth-order valence-electron chi connectivity index (χ4n) is 0.906. The first-order valence-electron chi connectivity index (χ1n) is 4.08. The minimum absolute atomic E-state index is 0.105. The highest BCUT2D eigenvalue weighted by Crippen LogP contribution is 2.06. The van der Waals surface area contributed by atoms with Crippen molar-refractivity contribution in [3.05, 3.63) is 35.6 Å². The van der Waals surface area contributed by atoms with Crippen molar-refractivity contribution in [1.82, 2.24) is 0 Å². The predicted molar refractivity (Wildman–Crippen MR) is 53.4 cm³/mol. The summed E-state index contributed by atoms with van der Waals surface area (Å²) in [6.45, 7) is 1.67. The molecule has 0 radical (unpaired) electrons. The molecule has 0 spiro atoms. The van der Waals surface area contributed by atoms with E-state index in [2.05, 4.69) is 4.99 Å². The van der Waals surface area contributed by atoms with Crippen molar-refractivity contribution >= 4 is 5.71 Å². The molecular formula is C10H8N4O. The quantitative estimate of drug-likeness (QED) is 0.574. The number of allylic oxidation sites excluding steroid dienone is 2. The fourth-order valence-corrected chi connectivity index (χ4v) is 0.906. The van der Waals surface area contributed by atoms with Crippen molar-refractivity contribution in [3.63, 3.8) is 0 Å². The Hall–Kier alpha value is -2.53. The lowest BCUT2D eigenvalue weighted by Crippen LogP contribution is -2.00. The van der Waals surface area contributed by atoms with Crippen LogP contribution in [0.2, 0.25) is 0 Å². The van der Waals surface area contributed by atoms with Crippen LogP contribution in [0.5, 0.6) is 0 Å². The smallest absolute Gasteiger partial charge is 0.174 e. The monoisotopic (exact) mass is 200 g/mol. The summed E-state index contributed by atoms with van der Waals surface area (Å²) in [5.74, 6) is 0.536. The Morgan fingerprint density at radius 2 is 2.20 bits per heavy atom. The van der Waals surface area contributed by atoms with Gasteiger partial charge in [-0.2, -0.15) is 10.5 Å². The molecule has 0 aliphatic heterocycles. The molecule has 5 nitrogen and oxygen atoms in total. The summed E-state index contributed by atoms with van der Waals surface area (Å²) in [4.78, 5) is 3.90. The third kappa shape index (κ3) is 2.45. The molecule has 5 heteroatoms. The Kier molecular flexibility index (Phi) is 3.26. The second-order valence-corrected chi connectivity index (χ2v) is 2.66. The zero-order chi connectivity index (χ0) is 11.3. The second-order valence-electron chi connectivity index (χ2n) is 2.66. The average molecular weight is 200 g/mol. The first-order valence-corrected chi connectivity index (χ1v) is 4.08. The summed E-state index contributed by atoms with van der Waals surface area (Å²) in [5, 5.41) is 17.2. The number of nitrogens with zero attached hydrogens (tertiary/aromatic N) is 3. The van der Waals surface area contributed by atoms with Gasteiger partial charge in [0.2, 0.25) is 0 Å². The molecule has 0 unspecified atom stereocenters. The largest absolute Gasteiger partial charge is 0.463 e. The summed E-state index contributed by atoms with van der Waals surface area (Å²) in [6, 6.07) is 6.82. The Balaban J connectivity index is 3.09. The molecule has 15 heavy (non-hydrogen) atoms. The standard InChI is InChI=1S/C10H8N4O/c1-7(10-3-2-4-15-10)14-9(6-12)8(13)5-11/h2-4H,13H2,1H3/b9-8-,14-7+. The summed E-state index contributed by atoms with van der Waals surface area (Å²) < 4.78 is 5.07. The van der Waals surface area contributed by atoms with Crippen molar-refractivity contribution in [3.8, 4) is 12.1 Å². The number of nitriles is 2. The molecule has 2 N–H and O–H groups in total. The van der Waals surface area contributed by atoms with Crippen LogP contribution in [0.3, 0.4) is 0 Å². The van der Waals surface area contributed by atoms with Crippen LogP contribution in [0, 0.1) is 22.7 Å². The first kappa shape index (κ1) is 10.6. The zero-order valence-electron chi connectivity index (χ0n) is 8.06. The molecular weight excluding hydrogens is 192 g/mol. The van der Waals surface area contributed by atoms with Gasteiger partial charge in [0.15, 0.2) is 5.70 Å². The van der Waals surface area contributed by atoms with E-state index in [9.17, 15) is 0 Å². The van der Waals surface area contributed by atoms with Crippen LogP contribution in [-0.2, 0) is 0 Å². The Bertz CT molecular complexity index is 482. The molecule has 1 aromatic heterocycles. The van der Waals surface area contributed by atoms with Crippen molar-refractivity contribution in [2.45, 2.75) is 6.92 Å². The molecule has 1 aromatic rings. The van der Waals surface area contributed by atoms with E-state index in [1.54, 1.807) is 31.2 Å². The molecule has 0 amide bonds. The van der Waals surface area contributed by atoms with E-state index >= 15 is 0 Å². The van der Waals surface area contributed by atoms with Crippen LogP contribution >= 0.6 is 0 Å². The van der Waals surface area contributed by atoms with Crippen LogP contribution in [0.1, 0.15) is 12.7 Å². The van der Waals surface area contributed by atoms with Crippen LogP contribution in [0.25, 0.3) is 0 Å². The van der Waals surface area contributed by atoms with Crippen LogP contribution in [0.15, 0.2) is 39.2 Å². The van der Waals surface area contributed by atoms with Gasteiger partial charge in [-0.3, -0.25) is 0 Å². The third-order valence-electron chi connectivity index (χ3n) is 1.64. The number of furan rings is 1. The first-order chi connectivity index (χ1) is 7.19. The lowest BCUT2D eigenvalue weighted by atomic mass is 10.3. The van der Waals surface area contributed by atoms with Crippen molar-refractivity contribution in [1.29, 1.82) is 10.5 Å². The molecule has 0 aliphatic rings. The van der Waals surface area contributed by atoms with Gasteiger partial charge < -0.3 is 10.2 Å². The highest BCUT2D eigenvalue weighted by Gasteiger charge is 2.04. The van der Waals surface area contributed by atoms with Crippen molar-refractivity contribution in [2.24, 2.45) is 10.7 Å². The maximum atomic E-state index is 8.70. The zero-order valence-corrected chi connectivity index (χ0v) is 8.06. The molecule has 1 rings (SSSR count). The van der Waals surface area contributed by atoms with Gasteiger partial charge in [0, 0.05) is 0 Å². The van der Waals surface area contributed by atoms with Crippen LogP contribution in [0.4, 0.5) is 0 Å². The fraction of sp³-hybridized carbons (Fsp3) is 0.100. The SMILES string of the molecule is C/C(=N\C(C#N)=C(/N)C#N)c1ccco1. The van der Waals surface area contributed by atoms with Gasteiger partial charge in [-0.25, -0.2) is 4.99 Å². The van der Waals surface area contributed by atoms with Gasteiger partial charge in [0.05, 0.1) is 12.0 Å². The number of nitrogens with two attached hydrogens (primary N) is 1. The number of rotatable bonds is 2. The summed E-state index contributed by atoms with van der Waals surface area (Å²) >= 11 is 0. The Labute approximate surface area is 86.7 Å². The number of hydrogen-bond acceptors (Lipinski definition) is 5. The Morgan fingerprint density at radius 3 is 2.67 bits per heavy atom. The van der Waals surface area contributed by atoms with E-state index in [4.69, 9.17) is 20.7 Å². The highest BCUT2D eigenvalue weighted by atomic mass is 16.3. The van der Waals surface area contributed by atoms with Gasteiger partial charge >= 0.3 is 0 Å². The maximum Gasteiger partial charge on any atom is 0.174 e. The normalized spacial score (nSPS) is 12.6. The van der Waals surface area contributed by atoms with Gasteiger partial charge in [-0.05, 0) is 19.1 Å². The lowest BCUT2D eigenvalue weighted by Gasteiger charge is -1.95. The van der Waals surface area contributed by atoms with Gasteiger partial charge in [0.25, 0.3) is 0 Å². The van der Waals surface area contributed by atoms with Gasteiger partial charge in [-0.15, -0.1) is 0 Å². The topological polar surface area (TPSA) is 99.1 Å². The van der Waals surface area contributed by atoms with Crippen LogP contribution < -0.4 is 5.73 Å². The minimum Gasteiger partial charge on any atom is -0.463 e. The molecule has 1 heterocycles.